The Hall–Kier alpha value is 0.250. The van der Waals surface area contributed by atoms with Crippen LogP contribution in [-0.4, -0.2) is 18.1 Å². The largest absolute Gasteiger partial charge is 0.378 e. The SMILES string of the molecule is CC1C(Cl)CCC1CCCC1CCCO1. The second-order valence-electron chi connectivity index (χ2n) is 5.28. The first-order valence-corrected chi connectivity index (χ1v) is 6.96. The minimum absolute atomic E-state index is 0.442. The van der Waals surface area contributed by atoms with Gasteiger partial charge < -0.3 is 4.74 Å². The minimum atomic E-state index is 0.442. The molecule has 4 atom stereocenters. The molecule has 0 aromatic carbocycles. The first-order valence-electron chi connectivity index (χ1n) is 6.53. The quantitative estimate of drug-likeness (QED) is 0.664. The van der Waals surface area contributed by atoms with Gasteiger partial charge in [-0.05, 0) is 43.9 Å². The van der Waals surface area contributed by atoms with Crippen LogP contribution in [0.15, 0.2) is 0 Å². The summed E-state index contributed by atoms with van der Waals surface area (Å²) in [7, 11) is 0. The van der Waals surface area contributed by atoms with Gasteiger partial charge in [-0.15, -0.1) is 11.6 Å². The van der Waals surface area contributed by atoms with Crippen LogP contribution in [-0.2, 0) is 4.74 Å². The molecule has 88 valence electrons. The molecule has 1 nitrogen and oxygen atoms in total. The maximum absolute atomic E-state index is 6.24. The molecule has 2 rings (SSSR count). The molecule has 4 unspecified atom stereocenters. The molecule has 1 heterocycles. The third-order valence-corrected chi connectivity index (χ3v) is 4.87. The van der Waals surface area contributed by atoms with E-state index >= 15 is 0 Å². The smallest absolute Gasteiger partial charge is 0.0576 e. The van der Waals surface area contributed by atoms with Gasteiger partial charge in [-0.25, -0.2) is 0 Å². The summed E-state index contributed by atoms with van der Waals surface area (Å²) in [6.45, 7) is 3.32. The van der Waals surface area contributed by atoms with E-state index in [1.165, 1.54) is 44.9 Å². The Kier molecular flexibility index (Phi) is 4.33. The Morgan fingerprint density at radius 1 is 1.20 bits per heavy atom. The van der Waals surface area contributed by atoms with Gasteiger partial charge in [0.2, 0.25) is 0 Å². The van der Waals surface area contributed by atoms with Crippen molar-refractivity contribution >= 4 is 11.6 Å². The second kappa shape index (κ2) is 5.54. The fraction of sp³-hybridized carbons (Fsp3) is 1.00. The predicted octanol–water partition coefficient (Wildman–Crippen LogP) is 3.99. The fourth-order valence-electron chi connectivity index (χ4n) is 3.08. The molecular weight excluding hydrogens is 208 g/mol. The molecule has 1 aliphatic heterocycles. The number of ether oxygens (including phenoxy) is 1. The molecule has 0 spiro atoms. The molecule has 0 N–H and O–H groups in total. The lowest BCUT2D eigenvalue weighted by atomic mass is 9.91. The summed E-state index contributed by atoms with van der Waals surface area (Å²) in [6.07, 6.45) is 9.69. The van der Waals surface area contributed by atoms with Crippen molar-refractivity contribution in [2.24, 2.45) is 11.8 Å². The predicted molar refractivity (Wildman–Crippen MR) is 64.4 cm³/mol. The summed E-state index contributed by atoms with van der Waals surface area (Å²) in [4.78, 5) is 0. The van der Waals surface area contributed by atoms with Gasteiger partial charge in [-0.3, -0.25) is 0 Å². The normalized spacial score (nSPS) is 41.2. The lowest BCUT2D eigenvalue weighted by molar-refractivity contribution is 0.100. The molecule has 15 heavy (non-hydrogen) atoms. The summed E-state index contributed by atoms with van der Waals surface area (Å²) >= 11 is 6.24. The molecule has 0 bridgehead atoms. The van der Waals surface area contributed by atoms with Crippen LogP contribution in [0.25, 0.3) is 0 Å². The van der Waals surface area contributed by atoms with Crippen molar-refractivity contribution in [3.8, 4) is 0 Å². The summed E-state index contributed by atoms with van der Waals surface area (Å²) in [5, 5.41) is 0.442. The van der Waals surface area contributed by atoms with Crippen molar-refractivity contribution in [3.63, 3.8) is 0 Å². The summed E-state index contributed by atoms with van der Waals surface area (Å²) in [6, 6.07) is 0. The van der Waals surface area contributed by atoms with E-state index in [2.05, 4.69) is 6.92 Å². The molecule has 2 fully saturated rings. The van der Waals surface area contributed by atoms with Crippen LogP contribution in [0.5, 0.6) is 0 Å². The Bertz CT molecular complexity index is 189. The van der Waals surface area contributed by atoms with Gasteiger partial charge in [0.1, 0.15) is 0 Å². The number of hydrogen-bond acceptors (Lipinski definition) is 1. The zero-order chi connectivity index (χ0) is 10.7. The molecule has 0 aromatic heterocycles. The minimum Gasteiger partial charge on any atom is -0.378 e. The lowest BCUT2D eigenvalue weighted by Crippen LogP contribution is -2.12. The van der Waals surface area contributed by atoms with Crippen LogP contribution in [0.1, 0.15) is 51.9 Å². The number of rotatable bonds is 4. The van der Waals surface area contributed by atoms with E-state index in [0.717, 1.165) is 18.4 Å². The molecule has 0 aromatic rings. The first kappa shape index (κ1) is 11.7. The zero-order valence-corrected chi connectivity index (χ0v) is 10.5. The molecule has 1 aliphatic carbocycles. The van der Waals surface area contributed by atoms with Crippen molar-refractivity contribution in [2.75, 3.05) is 6.61 Å². The highest BCUT2D eigenvalue weighted by molar-refractivity contribution is 6.20. The summed E-state index contributed by atoms with van der Waals surface area (Å²) in [5.74, 6) is 1.62. The molecule has 0 amide bonds. The number of alkyl halides is 1. The van der Waals surface area contributed by atoms with Crippen molar-refractivity contribution in [1.82, 2.24) is 0 Å². The molecule has 1 saturated heterocycles. The summed E-state index contributed by atoms with van der Waals surface area (Å²) < 4.78 is 5.64. The topological polar surface area (TPSA) is 9.23 Å². The average Bonchev–Trinajstić information content (AvgIpc) is 2.83. The van der Waals surface area contributed by atoms with E-state index < -0.39 is 0 Å². The van der Waals surface area contributed by atoms with Crippen molar-refractivity contribution < 1.29 is 4.74 Å². The van der Waals surface area contributed by atoms with E-state index in [0.29, 0.717) is 11.5 Å². The molecule has 0 radical (unpaired) electrons. The van der Waals surface area contributed by atoms with E-state index in [-0.39, 0.29) is 0 Å². The van der Waals surface area contributed by atoms with Gasteiger partial charge in [-0.1, -0.05) is 19.8 Å². The van der Waals surface area contributed by atoms with Crippen LogP contribution >= 0.6 is 11.6 Å². The van der Waals surface area contributed by atoms with Gasteiger partial charge in [0.25, 0.3) is 0 Å². The Labute approximate surface area is 98.5 Å². The zero-order valence-electron chi connectivity index (χ0n) is 9.75. The van der Waals surface area contributed by atoms with E-state index in [4.69, 9.17) is 16.3 Å². The van der Waals surface area contributed by atoms with Crippen LogP contribution in [0.3, 0.4) is 0 Å². The van der Waals surface area contributed by atoms with E-state index in [1.54, 1.807) is 0 Å². The van der Waals surface area contributed by atoms with Gasteiger partial charge in [-0.2, -0.15) is 0 Å². The highest BCUT2D eigenvalue weighted by Gasteiger charge is 2.30. The van der Waals surface area contributed by atoms with Crippen molar-refractivity contribution in [2.45, 2.75) is 63.4 Å². The van der Waals surface area contributed by atoms with Gasteiger partial charge in [0.05, 0.1) is 6.10 Å². The second-order valence-corrected chi connectivity index (χ2v) is 5.84. The fourth-order valence-corrected chi connectivity index (χ4v) is 3.41. The van der Waals surface area contributed by atoms with Crippen LogP contribution < -0.4 is 0 Å². The van der Waals surface area contributed by atoms with Crippen molar-refractivity contribution in [3.05, 3.63) is 0 Å². The average molecular weight is 231 g/mol. The molecule has 2 heteroatoms. The van der Waals surface area contributed by atoms with Crippen LogP contribution in [0.4, 0.5) is 0 Å². The third kappa shape index (κ3) is 3.10. The van der Waals surface area contributed by atoms with Crippen LogP contribution in [0, 0.1) is 11.8 Å². The Morgan fingerprint density at radius 3 is 2.67 bits per heavy atom. The van der Waals surface area contributed by atoms with Crippen LogP contribution in [0.2, 0.25) is 0 Å². The Balaban J connectivity index is 1.61. The molecule has 2 aliphatic rings. The van der Waals surface area contributed by atoms with Gasteiger partial charge in [0.15, 0.2) is 0 Å². The third-order valence-electron chi connectivity index (χ3n) is 4.25. The standard InChI is InChI=1S/C13H23ClO/c1-10-11(7-8-13(10)14)4-2-5-12-6-3-9-15-12/h10-13H,2-9H2,1H3. The van der Waals surface area contributed by atoms with Gasteiger partial charge >= 0.3 is 0 Å². The highest BCUT2D eigenvalue weighted by Crippen LogP contribution is 2.38. The number of halogens is 1. The lowest BCUT2D eigenvalue weighted by Gasteiger charge is -2.17. The monoisotopic (exact) mass is 230 g/mol. The maximum atomic E-state index is 6.24. The first-order chi connectivity index (χ1) is 7.27. The van der Waals surface area contributed by atoms with E-state index in [1.807, 2.05) is 0 Å². The van der Waals surface area contributed by atoms with E-state index in [9.17, 15) is 0 Å². The maximum Gasteiger partial charge on any atom is 0.0576 e. The van der Waals surface area contributed by atoms with Gasteiger partial charge in [0, 0.05) is 12.0 Å². The van der Waals surface area contributed by atoms with Crippen molar-refractivity contribution in [1.29, 1.82) is 0 Å². The summed E-state index contributed by atoms with van der Waals surface area (Å²) in [5.41, 5.74) is 0. The number of hydrogen-bond donors (Lipinski definition) is 0. The Morgan fingerprint density at radius 2 is 2.07 bits per heavy atom. The molecule has 1 saturated carbocycles. The molecular formula is C13H23ClO. The highest BCUT2D eigenvalue weighted by atomic mass is 35.5.